The monoisotopic (exact) mass is 364 g/mol. The smallest absolute Gasteiger partial charge is 0.243 e. The van der Waals surface area contributed by atoms with Gasteiger partial charge in [-0.1, -0.05) is 13.8 Å². The Bertz CT molecular complexity index is 850. The molecule has 0 unspecified atom stereocenters. The van der Waals surface area contributed by atoms with E-state index in [2.05, 4.69) is 9.97 Å². The van der Waals surface area contributed by atoms with Gasteiger partial charge in [-0.2, -0.15) is 4.31 Å². The summed E-state index contributed by atoms with van der Waals surface area (Å²) in [6.45, 7) is 5.57. The molecule has 2 heterocycles. The maximum atomic E-state index is 12.9. The van der Waals surface area contributed by atoms with Gasteiger partial charge >= 0.3 is 0 Å². The summed E-state index contributed by atoms with van der Waals surface area (Å²) in [5.41, 5.74) is 1.43. The van der Waals surface area contributed by atoms with Gasteiger partial charge in [-0.05, 0) is 31.0 Å². The molecule has 1 aromatic heterocycles. The first-order chi connectivity index (χ1) is 12.0. The van der Waals surface area contributed by atoms with Crippen LogP contribution in [0.4, 0.5) is 0 Å². The van der Waals surface area contributed by atoms with Crippen molar-refractivity contribution in [2.24, 2.45) is 5.92 Å². The van der Waals surface area contributed by atoms with E-state index in [1.165, 1.54) is 4.31 Å². The topological polar surface area (TPSA) is 86.4 Å². The summed E-state index contributed by atoms with van der Waals surface area (Å²) in [5.74, 6) is 0.173. The van der Waals surface area contributed by atoms with E-state index >= 15 is 0 Å². The largest absolute Gasteiger partial charge is 0.345 e. The van der Waals surface area contributed by atoms with Crippen LogP contribution >= 0.6 is 0 Å². The van der Waals surface area contributed by atoms with Gasteiger partial charge in [0.1, 0.15) is 0 Å². The Morgan fingerprint density at radius 2 is 1.88 bits per heavy atom. The predicted octanol–water partition coefficient (Wildman–Crippen LogP) is 1.83. The fourth-order valence-electron chi connectivity index (χ4n) is 3.27. The molecule has 136 valence electrons. The number of aromatic amines is 1. The number of carbonyl (C=O) groups excluding carboxylic acids is 1. The number of hydrogen-bond acceptors (Lipinski definition) is 4. The van der Waals surface area contributed by atoms with Crippen LogP contribution in [0.25, 0.3) is 11.0 Å². The second-order valence-corrected chi connectivity index (χ2v) is 8.26. The Kier molecular flexibility index (Phi) is 5.10. The van der Waals surface area contributed by atoms with Gasteiger partial charge in [0, 0.05) is 32.1 Å². The van der Waals surface area contributed by atoms with Crippen molar-refractivity contribution in [2.75, 3.05) is 26.2 Å². The lowest BCUT2D eigenvalue weighted by Crippen LogP contribution is -2.51. The summed E-state index contributed by atoms with van der Waals surface area (Å²) in [4.78, 5) is 21.5. The molecule has 1 aromatic carbocycles. The Labute approximate surface area is 148 Å². The van der Waals surface area contributed by atoms with E-state index < -0.39 is 10.0 Å². The molecule has 25 heavy (non-hydrogen) atoms. The molecule has 1 N–H and O–H groups in total. The van der Waals surface area contributed by atoms with Crippen LogP contribution in [-0.4, -0.2) is 59.7 Å². The fraction of sp³-hybridized carbons (Fsp3) is 0.529. The third-order valence-electron chi connectivity index (χ3n) is 4.91. The molecule has 0 saturated carbocycles. The Balaban J connectivity index is 1.72. The molecule has 1 aliphatic heterocycles. The summed E-state index contributed by atoms with van der Waals surface area (Å²) in [6, 6.07) is 4.89. The number of hydrogen-bond donors (Lipinski definition) is 1. The molecule has 0 spiro atoms. The normalized spacial score (nSPS) is 16.7. The van der Waals surface area contributed by atoms with Crippen LogP contribution in [0.15, 0.2) is 29.4 Å². The lowest BCUT2D eigenvalue weighted by atomic mass is 10.0. The van der Waals surface area contributed by atoms with Crippen molar-refractivity contribution in [3.63, 3.8) is 0 Å². The second-order valence-electron chi connectivity index (χ2n) is 6.32. The SMILES string of the molecule is CCC(CC)C(=O)N1CCN(S(=O)(=O)c2ccc3nc[nH]c3c2)CC1. The molecule has 1 amide bonds. The number of sulfonamides is 1. The van der Waals surface area contributed by atoms with Crippen molar-refractivity contribution in [1.29, 1.82) is 0 Å². The molecule has 0 atom stereocenters. The summed E-state index contributed by atoms with van der Waals surface area (Å²) in [5, 5.41) is 0. The number of piperazine rings is 1. The van der Waals surface area contributed by atoms with Crippen LogP contribution in [0.2, 0.25) is 0 Å². The quantitative estimate of drug-likeness (QED) is 0.877. The van der Waals surface area contributed by atoms with Crippen molar-refractivity contribution in [3.05, 3.63) is 24.5 Å². The maximum absolute atomic E-state index is 12.9. The number of benzene rings is 1. The summed E-state index contributed by atoms with van der Waals surface area (Å²) < 4.78 is 27.2. The highest BCUT2D eigenvalue weighted by atomic mass is 32.2. The molecular formula is C17H24N4O3S. The van der Waals surface area contributed by atoms with Crippen LogP contribution in [-0.2, 0) is 14.8 Å². The predicted molar refractivity (Wildman–Crippen MR) is 95.5 cm³/mol. The van der Waals surface area contributed by atoms with E-state index in [0.29, 0.717) is 31.7 Å². The number of amides is 1. The number of carbonyl (C=O) groups is 1. The number of nitrogens with one attached hydrogen (secondary N) is 1. The van der Waals surface area contributed by atoms with E-state index in [1.807, 2.05) is 13.8 Å². The van der Waals surface area contributed by atoms with Crippen LogP contribution in [0.3, 0.4) is 0 Å². The minimum absolute atomic E-state index is 0.0333. The van der Waals surface area contributed by atoms with Crippen molar-refractivity contribution in [1.82, 2.24) is 19.2 Å². The number of fused-ring (bicyclic) bond motifs is 1. The average molecular weight is 364 g/mol. The Morgan fingerprint density at radius 3 is 2.52 bits per heavy atom. The minimum Gasteiger partial charge on any atom is -0.345 e. The average Bonchev–Trinajstić information content (AvgIpc) is 3.10. The highest BCUT2D eigenvalue weighted by Gasteiger charge is 2.31. The van der Waals surface area contributed by atoms with Gasteiger partial charge in [-0.15, -0.1) is 0 Å². The van der Waals surface area contributed by atoms with Crippen molar-refractivity contribution in [2.45, 2.75) is 31.6 Å². The highest BCUT2D eigenvalue weighted by Crippen LogP contribution is 2.22. The fourth-order valence-corrected chi connectivity index (χ4v) is 4.72. The van der Waals surface area contributed by atoms with Gasteiger partial charge in [-0.3, -0.25) is 4.79 Å². The third-order valence-corrected chi connectivity index (χ3v) is 6.81. The molecule has 1 aliphatic rings. The van der Waals surface area contributed by atoms with Gasteiger partial charge in [0.15, 0.2) is 0 Å². The van der Waals surface area contributed by atoms with E-state index in [1.54, 1.807) is 29.4 Å². The molecule has 0 aliphatic carbocycles. The molecule has 1 saturated heterocycles. The lowest BCUT2D eigenvalue weighted by Gasteiger charge is -2.35. The highest BCUT2D eigenvalue weighted by molar-refractivity contribution is 7.89. The van der Waals surface area contributed by atoms with Gasteiger partial charge in [0.25, 0.3) is 0 Å². The summed E-state index contributed by atoms with van der Waals surface area (Å²) in [7, 11) is -3.56. The number of nitrogens with zero attached hydrogens (tertiary/aromatic N) is 3. The molecule has 2 aromatic rings. The van der Waals surface area contributed by atoms with Crippen molar-refractivity contribution >= 4 is 27.0 Å². The van der Waals surface area contributed by atoms with E-state index in [-0.39, 0.29) is 16.7 Å². The molecule has 0 radical (unpaired) electrons. The summed E-state index contributed by atoms with van der Waals surface area (Å²) >= 11 is 0. The zero-order valence-electron chi connectivity index (χ0n) is 14.6. The molecular weight excluding hydrogens is 340 g/mol. The second kappa shape index (κ2) is 7.13. The van der Waals surface area contributed by atoms with Gasteiger partial charge in [0.2, 0.25) is 15.9 Å². The van der Waals surface area contributed by atoms with Gasteiger partial charge in [-0.25, -0.2) is 13.4 Å². The van der Waals surface area contributed by atoms with Crippen LogP contribution in [0, 0.1) is 5.92 Å². The zero-order chi connectivity index (χ0) is 18.0. The van der Waals surface area contributed by atoms with Crippen LogP contribution < -0.4 is 0 Å². The van der Waals surface area contributed by atoms with E-state index in [0.717, 1.165) is 18.4 Å². The molecule has 1 fully saturated rings. The Morgan fingerprint density at radius 1 is 1.20 bits per heavy atom. The standard InChI is InChI=1S/C17H24N4O3S/c1-3-13(4-2)17(22)20-7-9-21(10-8-20)25(23,24)14-5-6-15-16(11-14)19-12-18-15/h5-6,11-13H,3-4,7-10H2,1-2H3,(H,18,19). The third kappa shape index (κ3) is 3.41. The number of rotatable bonds is 5. The minimum atomic E-state index is -3.56. The van der Waals surface area contributed by atoms with Crippen molar-refractivity contribution in [3.8, 4) is 0 Å². The van der Waals surface area contributed by atoms with E-state index in [9.17, 15) is 13.2 Å². The maximum Gasteiger partial charge on any atom is 0.243 e. The lowest BCUT2D eigenvalue weighted by molar-refractivity contribution is -0.136. The number of aromatic nitrogens is 2. The van der Waals surface area contributed by atoms with Crippen molar-refractivity contribution < 1.29 is 13.2 Å². The van der Waals surface area contributed by atoms with Gasteiger partial charge < -0.3 is 9.88 Å². The van der Waals surface area contributed by atoms with Crippen LogP contribution in [0.5, 0.6) is 0 Å². The number of imidazole rings is 1. The summed E-state index contributed by atoms with van der Waals surface area (Å²) in [6.07, 6.45) is 3.18. The number of H-pyrrole nitrogens is 1. The molecule has 8 heteroatoms. The van der Waals surface area contributed by atoms with Gasteiger partial charge in [0.05, 0.1) is 22.3 Å². The molecule has 3 rings (SSSR count). The first kappa shape index (κ1) is 17.9. The first-order valence-corrected chi connectivity index (χ1v) is 10.1. The zero-order valence-corrected chi connectivity index (χ0v) is 15.4. The van der Waals surface area contributed by atoms with E-state index in [4.69, 9.17) is 0 Å². The molecule has 0 bridgehead atoms. The first-order valence-electron chi connectivity index (χ1n) is 8.69. The van der Waals surface area contributed by atoms with Crippen LogP contribution in [0.1, 0.15) is 26.7 Å². The Hall–Kier alpha value is -1.93. The molecule has 7 nitrogen and oxygen atoms in total.